The van der Waals surface area contributed by atoms with Crippen LogP contribution in [-0.4, -0.2) is 70.2 Å². The number of aromatic nitrogens is 4. The van der Waals surface area contributed by atoms with E-state index in [0.717, 1.165) is 22.3 Å². The average molecular weight is 896 g/mol. The zero-order chi connectivity index (χ0) is 45.6. The number of imidazole rings is 2. The molecule has 0 fully saturated rings. The number of carbonyl (C=O) groups is 4. The molecule has 0 spiro atoms. The maximum atomic E-state index is 13.5. The summed E-state index contributed by atoms with van der Waals surface area (Å²) in [5.74, 6) is 0.959. The number of benzene rings is 2. The monoisotopic (exact) mass is 894 g/mol. The molecular formula is C44H56Cl2N8O8. The third kappa shape index (κ3) is 9.45. The topological polar surface area (TPSA) is 211 Å². The molecule has 0 aliphatic carbocycles. The SMILES string of the molecule is COC(=O)N[C@H](C(=O)N[C@H](c1nc(-c2cc3c4c(c2)OCc2cc(-c5nc([C@@H](NC(=O)[C@@H](NC(=O)OC)C(C)C)C(C)(C)C)[nH]c5Cl)cc(c2-4)OC3)c(Cl)[nH]1)C(C)(C)C)C(C)C. The van der Waals surface area contributed by atoms with Gasteiger partial charge in [-0.15, -0.1) is 0 Å². The number of aromatic amines is 2. The number of methoxy groups -OCH3 is 2. The average Bonchev–Trinajstić information content (AvgIpc) is 3.78. The van der Waals surface area contributed by atoms with Gasteiger partial charge in [0.2, 0.25) is 11.8 Å². The number of nitrogens with zero attached hydrogens (tertiary/aromatic N) is 2. The molecule has 0 unspecified atom stereocenters. The van der Waals surface area contributed by atoms with Gasteiger partial charge in [-0.3, -0.25) is 9.59 Å². The highest BCUT2D eigenvalue weighted by Gasteiger charge is 2.38. The van der Waals surface area contributed by atoms with Crippen molar-refractivity contribution in [2.75, 3.05) is 14.2 Å². The summed E-state index contributed by atoms with van der Waals surface area (Å²) in [6.45, 7) is 19.6. The molecule has 2 aromatic carbocycles. The van der Waals surface area contributed by atoms with Crippen molar-refractivity contribution < 1.29 is 38.1 Å². The molecule has 0 saturated heterocycles. The molecule has 0 radical (unpaired) electrons. The summed E-state index contributed by atoms with van der Waals surface area (Å²) in [4.78, 5) is 67.4. The van der Waals surface area contributed by atoms with E-state index in [4.69, 9.17) is 52.1 Å². The van der Waals surface area contributed by atoms with Gasteiger partial charge < -0.3 is 50.2 Å². The predicted octanol–water partition coefficient (Wildman–Crippen LogP) is 8.39. The Morgan fingerprint density at radius 1 is 0.629 bits per heavy atom. The number of H-pyrrole nitrogens is 2. The second-order valence-corrected chi connectivity index (χ2v) is 19.3. The number of alkyl carbamates (subject to hydrolysis) is 2. The number of halogens is 2. The molecule has 4 heterocycles. The summed E-state index contributed by atoms with van der Waals surface area (Å²) in [6.07, 6.45) is -1.41. The van der Waals surface area contributed by atoms with Gasteiger partial charge in [0, 0.05) is 33.4 Å². The van der Waals surface area contributed by atoms with Crippen LogP contribution in [0.1, 0.15) is 104 Å². The highest BCUT2D eigenvalue weighted by Crippen LogP contribution is 2.51. The normalized spacial score (nSPS) is 15.0. The van der Waals surface area contributed by atoms with E-state index in [1.54, 1.807) is 0 Å². The van der Waals surface area contributed by atoms with E-state index in [-0.39, 0.29) is 47.2 Å². The van der Waals surface area contributed by atoms with E-state index < -0.39 is 47.2 Å². The fourth-order valence-electron chi connectivity index (χ4n) is 7.64. The van der Waals surface area contributed by atoms with Crippen molar-refractivity contribution in [3.05, 3.63) is 57.3 Å². The van der Waals surface area contributed by atoms with Crippen LogP contribution in [0.15, 0.2) is 24.3 Å². The summed E-state index contributed by atoms with van der Waals surface area (Å²) in [6, 6.07) is 4.85. The van der Waals surface area contributed by atoms with Crippen molar-refractivity contribution in [1.29, 1.82) is 0 Å². The van der Waals surface area contributed by atoms with Gasteiger partial charge in [-0.05, 0) is 46.9 Å². The first-order valence-corrected chi connectivity index (χ1v) is 21.2. The molecule has 4 atom stereocenters. The summed E-state index contributed by atoms with van der Waals surface area (Å²) in [5, 5.41) is 11.9. The smallest absolute Gasteiger partial charge is 0.407 e. The second kappa shape index (κ2) is 17.7. The van der Waals surface area contributed by atoms with Crippen molar-refractivity contribution in [3.63, 3.8) is 0 Å². The minimum Gasteiger partial charge on any atom is -0.488 e. The van der Waals surface area contributed by atoms with Crippen LogP contribution in [0.4, 0.5) is 9.59 Å². The standard InChI is InChI=1S/C44H56Cl2N8O8/c1-19(2)29(49-41(57)59-11)39(55)51-33(43(5,6)7)37-47-31(35(45)53-37)21-13-23-17-62-26-16-22(14-24-18-61-25(15-21)27(23)28(24)26)32-36(46)54-38(48-32)34(44(8,9)10)52-40(56)30(20(3)4)50-42(58)60-12/h13-16,19-20,29-30,33-34H,17-18H2,1-12H3,(H,47,53)(H,48,54)(H,49,57)(H,50,58)(H,51,55)(H,52,56)/t29-,30-,33+,34+/m0/s1. The Hall–Kier alpha value is -5.48. The molecule has 0 bridgehead atoms. The number of hydrogen-bond donors (Lipinski definition) is 6. The lowest BCUT2D eigenvalue weighted by atomic mass is 9.85. The van der Waals surface area contributed by atoms with E-state index in [2.05, 4.69) is 31.2 Å². The third-order valence-electron chi connectivity index (χ3n) is 11.0. The number of nitrogens with one attached hydrogen (secondary N) is 6. The van der Waals surface area contributed by atoms with Crippen molar-refractivity contribution in [1.82, 2.24) is 41.2 Å². The maximum absolute atomic E-state index is 13.5. The molecule has 2 aromatic heterocycles. The van der Waals surface area contributed by atoms with E-state index in [0.29, 0.717) is 45.7 Å². The first kappa shape index (κ1) is 46.0. The van der Waals surface area contributed by atoms with Gasteiger partial charge in [0.15, 0.2) is 0 Å². The van der Waals surface area contributed by atoms with Crippen LogP contribution in [0.25, 0.3) is 33.6 Å². The molecular weight excluding hydrogens is 839 g/mol. The van der Waals surface area contributed by atoms with Crippen LogP contribution in [0.2, 0.25) is 10.3 Å². The number of ether oxygens (including phenoxy) is 4. The molecule has 4 aromatic rings. The highest BCUT2D eigenvalue weighted by molar-refractivity contribution is 6.32. The predicted molar refractivity (Wildman–Crippen MR) is 235 cm³/mol. The van der Waals surface area contributed by atoms with Gasteiger partial charge in [0.1, 0.15) is 70.1 Å². The van der Waals surface area contributed by atoms with Crippen molar-refractivity contribution >= 4 is 47.2 Å². The van der Waals surface area contributed by atoms with Crippen molar-refractivity contribution in [3.8, 4) is 45.1 Å². The van der Waals surface area contributed by atoms with Crippen LogP contribution in [-0.2, 0) is 32.3 Å². The molecule has 6 N–H and O–H groups in total. The zero-order valence-corrected chi connectivity index (χ0v) is 38.6. The lowest BCUT2D eigenvalue weighted by Crippen LogP contribution is -2.52. The van der Waals surface area contributed by atoms with Crippen LogP contribution >= 0.6 is 23.2 Å². The van der Waals surface area contributed by atoms with Gasteiger partial charge in [0.25, 0.3) is 0 Å². The Balaban J connectivity index is 1.29. The molecule has 2 aliphatic heterocycles. The van der Waals surface area contributed by atoms with Crippen molar-refractivity contribution in [2.45, 2.75) is 107 Å². The number of carbonyl (C=O) groups excluding carboxylic acids is 4. The quantitative estimate of drug-likeness (QED) is 0.0800. The number of amides is 4. The summed E-state index contributed by atoms with van der Waals surface area (Å²) < 4.78 is 22.3. The number of hydrogen-bond acceptors (Lipinski definition) is 10. The zero-order valence-electron chi connectivity index (χ0n) is 37.1. The Bertz CT molecular complexity index is 2160. The molecule has 4 amide bonds. The Kier molecular flexibility index (Phi) is 13.2. The lowest BCUT2D eigenvalue weighted by Gasteiger charge is -2.32. The molecule has 334 valence electrons. The van der Waals surface area contributed by atoms with Gasteiger partial charge >= 0.3 is 12.2 Å². The molecule has 16 nitrogen and oxygen atoms in total. The Morgan fingerprint density at radius 2 is 0.984 bits per heavy atom. The van der Waals surface area contributed by atoms with Gasteiger partial charge in [-0.2, -0.15) is 0 Å². The van der Waals surface area contributed by atoms with E-state index >= 15 is 0 Å². The molecule has 6 rings (SSSR count). The largest absolute Gasteiger partial charge is 0.488 e. The molecule has 0 saturated carbocycles. The number of rotatable bonds is 12. The summed E-state index contributed by atoms with van der Waals surface area (Å²) in [5.41, 5.74) is 4.87. The molecule has 18 heteroatoms. The van der Waals surface area contributed by atoms with E-state index in [1.807, 2.05) is 93.5 Å². The van der Waals surface area contributed by atoms with Crippen LogP contribution in [0.3, 0.4) is 0 Å². The first-order chi connectivity index (χ1) is 29.0. The van der Waals surface area contributed by atoms with E-state index in [1.165, 1.54) is 14.2 Å². The van der Waals surface area contributed by atoms with Gasteiger partial charge in [-0.1, -0.05) is 92.4 Å². The Morgan fingerprint density at radius 3 is 1.29 bits per heavy atom. The maximum Gasteiger partial charge on any atom is 0.407 e. The second-order valence-electron chi connectivity index (χ2n) is 18.5. The van der Waals surface area contributed by atoms with Crippen LogP contribution in [0.5, 0.6) is 11.5 Å². The minimum atomic E-state index is -0.845. The van der Waals surface area contributed by atoms with E-state index in [9.17, 15) is 19.2 Å². The fourth-order valence-corrected chi connectivity index (χ4v) is 8.14. The van der Waals surface area contributed by atoms with Crippen molar-refractivity contribution in [2.24, 2.45) is 22.7 Å². The fraction of sp³-hybridized carbons (Fsp3) is 0.500. The highest BCUT2D eigenvalue weighted by atomic mass is 35.5. The van der Waals surface area contributed by atoms with Crippen LogP contribution < -0.4 is 30.7 Å². The summed E-state index contributed by atoms with van der Waals surface area (Å²) >= 11 is 13.7. The lowest BCUT2D eigenvalue weighted by molar-refractivity contribution is -0.126. The first-order valence-electron chi connectivity index (χ1n) is 20.4. The molecule has 2 aliphatic rings. The van der Waals surface area contributed by atoms with Gasteiger partial charge in [-0.25, -0.2) is 19.6 Å². The van der Waals surface area contributed by atoms with Crippen LogP contribution in [0, 0.1) is 22.7 Å². The van der Waals surface area contributed by atoms with Gasteiger partial charge in [0.05, 0.1) is 26.3 Å². The molecule has 62 heavy (non-hydrogen) atoms. The third-order valence-corrected chi connectivity index (χ3v) is 11.5. The Labute approximate surface area is 371 Å². The summed E-state index contributed by atoms with van der Waals surface area (Å²) in [7, 11) is 2.49. The minimum absolute atomic E-state index is 0.219.